The van der Waals surface area contributed by atoms with E-state index in [0.29, 0.717) is 19.4 Å². The average molecular weight is 144 g/mol. The number of hydrogen-bond acceptors (Lipinski definition) is 3. The molecule has 3 N–H and O–H groups in total. The molecule has 0 spiro atoms. The topological polar surface area (TPSA) is 55.1 Å². The second-order valence-electron chi connectivity index (χ2n) is 2.18. The van der Waals surface area contributed by atoms with Crippen LogP contribution >= 0.6 is 0 Å². The maximum Gasteiger partial charge on any atom is 0.135 e. The van der Waals surface area contributed by atoms with E-state index < -0.39 is 0 Å². The Hall–Kier alpha value is -0.410. The number of carbonyl (C=O) groups excluding carboxylic acids is 1. The third-order valence-corrected chi connectivity index (χ3v) is 1.25. The molecule has 0 aromatic heterocycles. The van der Waals surface area contributed by atoms with E-state index in [9.17, 15) is 4.79 Å². The predicted molar refractivity (Wildman–Crippen MR) is 41.8 cm³/mol. The van der Waals surface area contributed by atoms with Crippen LogP contribution in [-0.4, -0.2) is 25.4 Å². The average Bonchev–Trinajstić information content (AvgIpc) is 1.89. The van der Waals surface area contributed by atoms with Gasteiger partial charge in [0.25, 0.3) is 0 Å². The minimum absolute atomic E-state index is 0.253. The van der Waals surface area contributed by atoms with Gasteiger partial charge in [-0.1, -0.05) is 6.92 Å². The fourth-order valence-electron chi connectivity index (χ4n) is 0.691. The molecule has 0 aromatic rings. The summed E-state index contributed by atoms with van der Waals surface area (Å²) in [6, 6.07) is 0. The van der Waals surface area contributed by atoms with Crippen LogP contribution in [0.15, 0.2) is 0 Å². The molecule has 0 saturated carbocycles. The third-order valence-electron chi connectivity index (χ3n) is 1.25. The van der Waals surface area contributed by atoms with Crippen LogP contribution in [0, 0.1) is 0 Å². The highest BCUT2D eigenvalue weighted by Crippen LogP contribution is 1.85. The second kappa shape index (κ2) is 6.71. The maximum atomic E-state index is 10.8. The van der Waals surface area contributed by atoms with Crippen LogP contribution < -0.4 is 11.1 Å². The molecule has 0 aliphatic carbocycles. The van der Waals surface area contributed by atoms with Crippen LogP contribution in [0.2, 0.25) is 0 Å². The van der Waals surface area contributed by atoms with E-state index in [1.165, 1.54) is 0 Å². The third kappa shape index (κ3) is 5.72. The molecule has 0 aromatic carbocycles. The van der Waals surface area contributed by atoms with Crippen molar-refractivity contribution < 1.29 is 4.79 Å². The smallest absolute Gasteiger partial charge is 0.135 e. The highest BCUT2D eigenvalue weighted by atomic mass is 16.1. The van der Waals surface area contributed by atoms with Gasteiger partial charge in [-0.25, -0.2) is 0 Å². The first-order valence-electron chi connectivity index (χ1n) is 3.73. The molecule has 10 heavy (non-hydrogen) atoms. The van der Waals surface area contributed by atoms with Gasteiger partial charge in [0, 0.05) is 19.4 Å². The molecule has 0 bridgehead atoms. The Morgan fingerprint density at radius 1 is 1.50 bits per heavy atom. The lowest BCUT2D eigenvalue weighted by Crippen LogP contribution is -2.18. The fourth-order valence-corrected chi connectivity index (χ4v) is 0.691. The predicted octanol–water partition coefficient (Wildman–Crippen LogP) is -0.0961. The van der Waals surface area contributed by atoms with Crippen molar-refractivity contribution in [2.45, 2.75) is 19.8 Å². The molecule has 0 rings (SSSR count). The first-order valence-corrected chi connectivity index (χ1v) is 3.73. The Labute approximate surface area is 62.0 Å². The minimum atomic E-state index is 0.253. The van der Waals surface area contributed by atoms with Crippen LogP contribution in [0.5, 0.6) is 0 Å². The zero-order valence-electron chi connectivity index (χ0n) is 6.52. The van der Waals surface area contributed by atoms with Gasteiger partial charge in [-0.15, -0.1) is 0 Å². The molecule has 0 radical (unpaired) electrons. The summed E-state index contributed by atoms with van der Waals surface area (Å²) in [6.45, 7) is 4.21. The lowest BCUT2D eigenvalue weighted by molar-refractivity contribution is -0.118. The molecule has 0 atom stereocenters. The number of Topliss-reactive ketones (excluding diaryl/α,β-unsaturated/α-hetero) is 1. The summed E-state index contributed by atoms with van der Waals surface area (Å²) in [6.07, 6.45) is 1.14. The number of carbonyl (C=O) groups is 1. The van der Waals surface area contributed by atoms with E-state index in [0.717, 1.165) is 13.1 Å². The summed E-state index contributed by atoms with van der Waals surface area (Å²) in [4.78, 5) is 10.8. The van der Waals surface area contributed by atoms with E-state index in [2.05, 4.69) is 5.32 Å². The van der Waals surface area contributed by atoms with Crippen LogP contribution in [-0.2, 0) is 4.79 Å². The van der Waals surface area contributed by atoms with Gasteiger partial charge in [0.15, 0.2) is 0 Å². The van der Waals surface area contributed by atoms with Crippen molar-refractivity contribution >= 4 is 5.78 Å². The quantitative estimate of drug-likeness (QED) is 0.512. The van der Waals surface area contributed by atoms with Crippen LogP contribution in [0.25, 0.3) is 0 Å². The molecule has 3 nitrogen and oxygen atoms in total. The molecule has 0 aliphatic rings. The Kier molecular flexibility index (Phi) is 6.43. The van der Waals surface area contributed by atoms with Gasteiger partial charge in [0.2, 0.25) is 0 Å². The monoisotopic (exact) mass is 144 g/mol. The van der Waals surface area contributed by atoms with Gasteiger partial charge < -0.3 is 11.1 Å². The maximum absolute atomic E-state index is 10.8. The molecule has 0 aliphatic heterocycles. The molecule has 0 unspecified atom stereocenters. The van der Waals surface area contributed by atoms with Gasteiger partial charge >= 0.3 is 0 Å². The van der Waals surface area contributed by atoms with Gasteiger partial charge in [-0.2, -0.15) is 0 Å². The molecule has 3 heteroatoms. The normalized spacial score (nSPS) is 9.80. The highest BCUT2D eigenvalue weighted by Gasteiger charge is 1.97. The van der Waals surface area contributed by atoms with Crippen molar-refractivity contribution in [1.29, 1.82) is 0 Å². The molecule has 0 saturated heterocycles. The van der Waals surface area contributed by atoms with E-state index in [1.54, 1.807) is 0 Å². The Morgan fingerprint density at radius 2 is 2.20 bits per heavy atom. The van der Waals surface area contributed by atoms with Gasteiger partial charge in [-0.05, 0) is 13.1 Å². The largest absolute Gasteiger partial charge is 0.330 e. The number of nitrogens with one attached hydrogen (secondary N) is 1. The van der Waals surface area contributed by atoms with E-state index in [-0.39, 0.29) is 5.78 Å². The Bertz CT molecular complexity index is 93.6. The first kappa shape index (κ1) is 9.59. The SMILES string of the molecule is CCNCCC(=O)CCN. The van der Waals surface area contributed by atoms with E-state index in [4.69, 9.17) is 5.73 Å². The van der Waals surface area contributed by atoms with E-state index >= 15 is 0 Å². The van der Waals surface area contributed by atoms with Gasteiger partial charge in [0.1, 0.15) is 5.78 Å². The van der Waals surface area contributed by atoms with Crippen LogP contribution in [0.4, 0.5) is 0 Å². The highest BCUT2D eigenvalue weighted by molar-refractivity contribution is 5.78. The summed E-state index contributed by atoms with van der Waals surface area (Å²) < 4.78 is 0. The summed E-state index contributed by atoms with van der Waals surface area (Å²) in [5.74, 6) is 0.253. The second-order valence-corrected chi connectivity index (χ2v) is 2.18. The van der Waals surface area contributed by atoms with Crippen molar-refractivity contribution in [3.8, 4) is 0 Å². The van der Waals surface area contributed by atoms with Gasteiger partial charge in [0.05, 0.1) is 0 Å². The summed E-state index contributed by atoms with van der Waals surface area (Å²) in [7, 11) is 0. The Morgan fingerprint density at radius 3 is 2.70 bits per heavy atom. The van der Waals surface area contributed by atoms with Crippen molar-refractivity contribution in [3.05, 3.63) is 0 Å². The lowest BCUT2D eigenvalue weighted by atomic mass is 10.2. The van der Waals surface area contributed by atoms with Crippen LogP contribution in [0.3, 0.4) is 0 Å². The van der Waals surface area contributed by atoms with Crippen molar-refractivity contribution in [3.63, 3.8) is 0 Å². The fraction of sp³-hybridized carbons (Fsp3) is 0.857. The summed E-state index contributed by atoms with van der Waals surface area (Å²) in [5, 5.41) is 3.08. The summed E-state index contributed by atoms with van der Waals surface area (Å²) in [5.41, 5.74) is 5.19. The lowest BCUT2D eigenvalue weighted by Gasteiger charge is -1.98. The van der Waals surface area contributed by atoms with E-state index in [1.807, 2.05) is 6.92 Å². The van der Waals surface area contributed by atoms with Crippen molar-refractivity contribution in [2.75, 3.05) is 19.6 Å². The Balaban J connectivity index is 3.05. The zero-order chi connectivity index (χ0) is 7.82. The van der Waals surface area contributed by atoms with Crippen LogP contribution in [0.1, 0.15) is 19.8 Å². The number of rotatable bonds is 6. The standard InChI is InChI=1S/C7H16N2O/c1-2-9-6-4-7(10)3-5-8/h9H,2-6,8H2,1H3. The van der Waals surface area contributed by atoms with Crippen molar-refractivity contribution in [1.82, 2.24) is 5.32 Å². The molecular formula is C7H16N2O. The molecule has 0 amide bonds. The van der Waals surface area contributed by atoms with Gasteiger partial charge in [-0.3, -0.25) is 4.79 Å². The summed E-state index contributed by atoms with van der Waals surface area (Å²) >= 11 is 0. The van der Waals surface area contributed by atoms with Crippen molar-refractivity contribution in [2.24, 2.45) is 5.73 Å². The molecular weight excluding hydrogens is 128 g/mol. The first-order chi connectivity index (χ1) is 4.81. The molecule has 0 heterocycles. The zero-order valence-corrected chi connectivity index (χ0v) is 6.52. The number of hydrogen-bond donors (Lipinski definition) is 2. The molecule has 60 valence electrons. The number of nitrogens with two attached hydrogens (primary N) is 1. The number of ketones is 1. The molecule has 0 fully saturated rings. The minimum Gasteiger partial charge on any atom is -0.330 e.